The van der Waals surface area contributed by atoms with Crippen LogP contribution in [-0.4, -0.2) is 42.3 Å². The lowest BCUT2D eigenvalue weighted by Gasteiger charge is -2.38. The largest absolute Gasteiger partial charge is 0.494 e. The van der Waals surface area contributed by atoms with Crippen LogP contribution >= 0.6 is 0 Å². The van der Waals surface area contributed by atoms with Gasteiger partial charge in [0.2, 0.25) is 0 Å². The van der Waals surface area contributed by atoms with E-state index in [-0.39, 0.29) is 23.9 Å². The van der Waals surface area contributed by atoms with E-state index in [0.29, 0.717) is 31.9 Å². The van der Waals surface area contributed by atoms with Crippen molar-refractivity contribution < 1.29 is 18.7 Å². The molecule has 0 bridgehead atoms. The van der Waals surface area contributed by atoms with E-state index in [9.17, 15) is 9.18 Å². The molecule has 0 unspecified atom stereocenters. The summed E-state index contributed by atoms with van der Waals surface area (Å²) in [7, 11) is 0. The molecule has 0 aliphatic carbocycles. The summed E-state index contributed by atoms with van der Waals surface area (Å²) >= 11 is 0. The lowest BCUT2D eigenvalue weighted by molar-refractivity contribution is 0.0186. The van der Waals surface area contributed by atoms with Gasteiger partial charge >= 0.3 is 6.09 Å². The van der Waals surface area contributed by atoms with Gasteiger partial charge in [-0.05, 0) is 52.3 Å². The van der Waals surface area contributed by atoms with Crippen molar-refractivity contribution in [3.05, 3.63) is 29.6 Å². The number of hydrogen-bond donors (Lipinski definition) is 1. The Bertz CT molecular complexity index is 586. The average Bonchev–Trinajstić information content (AvgIpc) is 2.47. The maximum absolute atomic E-state index is 13.7. The number of rotatable bonds is 3. The van der Waals surface area contributed by atoms with E-state index < -0.39 is 5.60 Å². The summed E-state index contributed by atoms with van der Waals surface area (Å²) in [4.78, 5) is 13.8. The van der Waals surface area contributed by atoms with E-state index in [4.69, 9.17) is 15.2 Å². The van der Waals surface area contributed by atoms with Crippen molar-refractivity contribution in [2.45, 2.75) is 51.7 Å². The normalized spacial score (nSPS) is 21.5. The number of piperidine rings is 1. The van der Waals surface area contributed by atoms with Gasteiger partial charge in [0.05, 0.1) is 6.61 Å². The Kier molecular flexibility index (Phi) is 5.70. The van der Waals surface area contributed by atoms with E-state index in [2.05, 4.69) is 0 Å². The van der Waals surface area contributed by atoms with Gasteiger partial charge in [0.1, 0.15) is 17.2 Å². The Balaban J connectivity index is 2.11. The summed E-state index contributed by atoms with van der Waals surface area (Å²) in [5, 5.41) is 0. The topological polar surface area (TPSA) is 64.8 Å². The number of nitrogens with zero attached hydrogens (tertiary/aromatic N) is 1. The number of carbonyl (C=O) groups is 1. The molecule has 0 spiro atoms. The van der Waals surface area contributed by atoms with Crippen LogP contribution in [0.5, 0.6) is 5.75 Å². The summed E-state index contributed by atoms with van der Waals surface area (Å²) in [5.74, 6) is 0.293. The fraction of sp³-hybridized carbons (Fsp3) is 0.611. The van der Waals surface area contributed by atoms with Crippen LogP contribution in [0, 0.1) is 5.82 Å². The lowest BCUT2D eigenvalue weighted by Crippen LogP contribution is -2.50. The van der Waals surface area contributed by atoms with Gasteiger partial charge in [0, 0.05) is 30.6 Å². The van der Waals surface area contributed by atoms with Gasteiger partial charge in [-0.25, -0.2) is 9.18 Å². The molecule has 1 heterocycles. The number of halogens is 1. The molecule has 1 amide bonds. The molecule has 1 aliphatic heterocycles. The van der Waals surface area contributed by atoms with Crippen LogP contribution in [0.2, 0.25) is 0 Å². The van der Waals surface area contributed by atoms with E-state index >= 15 is 0 Å². The zero-order chi connectivity index (χ0) is 17.9. The third-order valence-electron chi connectivity index (χ3n) is 3.98. The summed E-state index contributed by atoms with van der Waals surface area (Å²) in [6.45, 7) is 8.79. The molecule has 2 rings (SSSR count). The zero-order valence-electron chi connectivity index (χ0n) is 14.8. The number of benzene rings is 1. The minimum Gasteiger partial charge on any atom is -0.494 e. The predicted octanol–water partition coefficient (Wildman–Crippen LogP) is 3.28. The molecule has 134 valence electrons. The van der Waals surface area contributed by atoms with E-state index in [1.807, 2.05) is 27.7 Å². The van der Waals surface area contributed by atoms with Crippen molar-refractivity contribution in [2.24, 2.45) is 5.73 Å². The highest BCUT2D eigenvalue weighted by atomic mass is 19.1. The van der Waals surface area contributed by atoms with Crippen molar-refractivity contribution >= 4 is 6.09 Å². The number of hydrogen-bond acceptors (Lipinski definition) is 4. The van der Waals surface area contributed by atoms with Crippen LogP contribution in [0.3, 0.4) is 0 Å². The summed E-state index contributed by atoms with van der Waals surface area (Å²) in [6.07, 6.45) is 0.282. The first-order valence-electron chi connectivity index (χ1n) is 8.37. The second kappa shape index (κ2) is 7.38. The highest BCUT2D eigenvalue weighted by Gasteiger charge is 2.33. The molecule has 1 saturated heterocycles. The van der Waals surface area contributed by atoms with Gasteiger partial charge < -0.3 is 20.1 Å². The fourth-order valence-electron chi connectivity index (χ4n) is 2.96. The molecule has 0 aromatic heterocycles. The SMILES string of the molecule is CCOc1ccc(F)cc1[C@H]1CCN(C(=O)OC(C)(C)C)C[C@H]1N. The fourth-order valence-corrected chi connectivity index (χ4v) is 2.96. The molecule has 6 heteroatoms. The van der Waals surface area contributed by atoms with Crippen molar-refractivity contribution in [3.63, 3.8) is 0 Å². The monoisotopic (exact) mass is 338 g/mol. The molecule has 24 heavy (non-hydrogen) atoms. The maximum atomic E-state index is 13.7. The van der Waals surface area contributed by atoms with E-state index in [1.165, 1.54) is 12.1 Å². The Morgan fingerprint density at radius 3 is 2.71 bits per heavy atom. The van der Waals surface area contributed by atoms with Crippen LogP contribution in [0.4, 0.5) is 9.18 Å². The van der Waals surface area contributed by atoms with Crippen LogP contribution < -0.4 is 10.5 Å². The Morgan fingerprint density at radius 2 is 2.12 bits per heavy atom. The lowest BCUT2D eigenvalue weighted by atomic mass is 9.85. The standard InChI is InChI=1S/C18H27FN2O3/c1-5-23-16-7-6-12(19)10-14(16)13-8-9-21(11-15(13)20)17(22)24-18(2,3)4/h6-7,10,13,15H,5,8-9,11,20H2,1-4H3/t13-,15-/m1/s1. The van der Waals surface area contributed by atoms with Gasteiger partial charge in [0.15, 0.2) is 0 Å². The molecule has 0 radical (unpaired) electrons. The van der Waals surface area contributed by atoms with Gasteiger partial charge in [-0.15, -0.1) is 0 Å². The van der Waals surface area contributed by atoms with Crippen LogP contribution in [0.15, 0.2) is 18.2 Å². The summed E-state index contributed by atoms with van der Waals surface area (Å²) in [6, 6.07) is 4.21. The van der Waals surface area contributed by atoms with Crippen molar-refractivity contribution in [1.29, 1.82) is 0 Å². The van der Waals surface area contributed by atoms with Crippen LogP contribution in [0.25, 0.3) is 0 Å². The number of likely N-dealkylation sites (tertiary alicyclic amines) is 1. The minimum atomic E-state index is -0.539. The number of carbonyl (C=O) groups excluding carboxylic acids is 1. The van der Waals surface area contributed by atoms with Gasteiger partial charge in [-0.1, -0.05) is 0 Å². The van der Waals surface area contributed by atoms with Crippen LogP contribution in [0.1, 0.15) is 45.6 Å². The van der Waals surface area contributed by atoms with Crippen LogP contribution in [-0.2, 0) is 4.74 Å². The van der Waals surface area contributed by atoms with E-state index in [1.54, 1.807) is 11.0 Å². The molecule has 5 nitrogen and oxygen atoms in total. The van der Waals surface area contributed by atoms with Crippen molar-refractivity contribution in [1.82, 2.24) is 4.90 Å². The highest BCUT2D eigenvalue weighted by molar-refractivity contribution is 5.68. The number of nitrogens with two attached hydrogens (primary N) is 1. The van der Waals surface area contributed by atoms with E-state index in [0.717, 1.165) is 5.56 Å². The quantitative estimate of drug-likeness (QED) is 0.918. The second-order valence-corrected chi connectivity index (χ2v) is 7.10. The molecule has 2 N–H and O–H groups in total. The highest BCUT2D eigenvalue weighted by Crippen LogP contribution is 2.34. The molecular weight excluding hydrogens is 311 g/mol. The molecule has 0 saturated carbocycles. The maximum Gasteiger partial charge on any atom is 0.410 e. The average molecular weight is 338 g/mol. The second-order valence-electron chi connectivity index (χ2n) is 7.10. The molecule has 1 fully saturated rings. The number of amides is 1. The third-order valence-corrected chi connectivity index (χ3v) is 3.98. The van der Waals surface area contributed by atoms with Gasteiger partial charge in [-0.2, -0.15) is 0 Å². The third kappa shape index (κ3) is 4.60. The van der Waals surface area contributed by atoms with Crippen molar-refractivity contribution in [3.8, 4) is 5.75 Å². The first kappa shape index (κ1) is 18.5. The molecule has 2 atom stereocenters. The molecule has 1 aromatic carbocycles. The Labute approximate surface area is 142 Å². The molecule has 1 aromatic rings. The smallest absolute Gasteiger partial charge is 0.410 e. The Morgan fingerprint density at radius 1 is 1.42 bits per heavy atom. The first-order valence-corrected chi connectivity index (χ1v) is 8.37. The Hall–Kier alpha value is -1.82. The van der Waals surface area contributed by atoms with Gasteiger partial charge in [0.25, 0.3) is 0 Å². The minimum absolute atomic E-state index is 0.0547. The van der Waals surface area contributed by atoms with Gasteiger partial charge in [-0.3, -0.25) is 0 Å². The zero-order valence-corrected chi connectivity index (χ0v) is 14.8. The summed E-state index contributed by atoms with van der Waals surface area (Å²) < 4.78 is 24.7. The predicted molar refractivity (Wildman–Crippen MR) is 90.7 cm³/mol. The number of ether oxygens (including phenoxy) is 2. The first-order chi connectivity index (χ1) is 11.2. The summed E-state index contributed by atoms with van der Waals surface area (Å²) in [5.41, 5.74) is 6.52. The molecule has 1 aliphatic rings. The van der Waals surface area contributed by atoms with Crippen molar-refractivity contribution in [2.75, 3.05) is 19.7 Å². The molecular formula is C18H27FN2O3.